The van der Waals surface area contributed by atoms with E-state index < -0.39 is 11.8 Å². The first-order chi connectivity index (χ1) is 15.8. The average molecular weight is 455 g/mol. The fourth-order valence-corrected chi connectivity index (χ4v) is 4.34. The molecule has 3 aromatic rings. The molecule has 4 N–H and O–H groups in total. The van der Waals surface area contributed by atoms with Gasteiger partial charge >= 0.3 is 0 Å². The Morgan fingerprint density at radius 3 is 2.64 bits per heavy atom. The normalized spacial score (nSPS) is 15.0. The second-order valence-corrected chi connectivity index (χ2v) is 8.21. The number of methoxy groups -OCH3 is 1. The maximum absolute atomic E-state index is 13.9. The van der Waals surface area contributed by atoms with Crippen LogP contribution >= 0.6 is 0 Å². The molecule has 0 aliphatic carbocycles. The van der Waals surface area contributed by atoms with Crippen LogP contribution < -0.4 is 15.8 Å². The highest BCUT2D eigenvalue weighted by atomic mass is 19.1. The zero-order valence-corrected chi connectivity index (χ0v) is 18.5. The number of amides is 2. The predicted molar refractivity (Wildman–Crippen MR) is 120 cm³/mol. The molecule has 2 heterocycles. The van der Waals surface area contributed by atoms with Gasteiger partial charge in [-0.2, -0.15) is 0 Å². The summed E-state index contributed by atoms with van der Waals surface area (Å²) in [4.78, 5) is 27.0. The summed E-state index contributed by atoms with van der Waals surface area (Å²) in [6.45, 7) is 3.63. The van der Waals surface area contributed by atoms with Crippen molar-refractivity contribution < 1.29 is 28.2 Å². The predicted octanol–water partition coefficient (Wildman–Crippen LogP) is 3.09. The van der Waals surface area contributed by atoms with Gasteiger partial charge in [-0.25, -0.2) is 4.39 Å². The van der Waals surface area contributed by atoms with E-state index in [2.05, 4.69) is 10.2 Å². The first kappa shape index (κ1) is 22.6. The maximum Gasteiger partial charge on any atom is 0.287 e. The number of hydrogen-bond donors (Lipinski definition) is 3. The van der Waals surface area contributed by atoms with Gasteiger partial charge in [0.25, 0.3) is 11.8 Å². The summed E-state index contributed by atoms with van der Waals surface area (Å²) in [5.74, 6) is -1.59. The minimum atomic E-state index is -0.872. The summed E-state index contributed by atoms with van der Waals surface area (Å²) in [7, 11) is 1.42. The number of nitrogens with one attached hydrogen (secondary N) is 1. The van der Waals surface area contributed by atoms with Crippen molar-refractivity contribution in [3.8, 4) is 11.5 Å². The molecule has 0 spiro atoms. The number of nitrogens with two attached hydrogens (primary N) is 1. The summed E-state index contributed by atoms with van der Waals surface area (Å²) in [5.41, 5.74) is 6.36. The Morgan fingerprint density at radius 2 is 2.00 bits per heavy atom. The van der Waals surface area contributed by atoms with Crippen LogP contribution in [0.15, 0.2) is 34.7 Å². The molecule has 0 radical (unpaired) electrons. The third-order valence-corrected chi connectivity index (χ3v) is 6.09. The third kappa shape index (κ3) is 4.36. The van der Waals surface area contributed by atoms with Crippen molar-refractivity contribution in [1.82, 2.24) is 10.2 Å². The van der Waals surface area contributed by atoms with E-state index in [1.54, 1.807) is 19.1 Å². The molecule has 4 rings (SSSR count). The van der Waals surface area contributed by atoms with E-state index in [4.69, 9.17) is 14.9 Å². The zero-order chi connectivity index (χ0) is 23.7. The van der Waals surface area contributed by atoms with Gasteiger partial charge in [-0.15, -0.1) is 0 Å². The van der Waals surface area contributed by atoms with Crippen molar-refractivity contribution in [3.05, 3.63) is 58.6 Å². The Balaban J connectivity index is 1.49. The Bertz CT molecular complexity index is 1210. The largest absolute Gasteiger partial charge is 0.507 e. The molecule has 8 nitrogen and oxygen atoms in total. The van der Waals surface area contributed by atoms with Gasteiger partial charge in [-0.3, -0.25) is 14.5 Å². The SMILES string of the molecule is COc1cc(O)c(C(N)=O)c2oc(C(=O)NC3CCN(Cc4ccccc4F)CC3)c(C)c12. The van der Waals surface area contributed by atoms with Crippen LogP contribution in [-0.2, 0) is 6.54 Å². The van der Waals surface area contributed by atoms with Crippen molar-refractivity contribution in [2.45, 2.75) is 32.4 Å². The highest BCUT2D eigenvalue weighted by Gasteiger charge is 2.28. The minimum Gasteiger partial charge on any atom is -0.507 e. The molecule has 33 heavy (non-hydrogen) atoms. The van der Waals surface area contributed by atoms with Crippen LogP contribution in [0.25, 0.3) is 11.0 Å². The number of halogens is 1. The van der Waals surface area contributed by atoms with Crippen LogP contribution in [0.1, 0.15) is 44.9 Å². The van der Waals surface area contributed by atoms with Crippen LogP contribution in [0.2, 0.25) is 0 Å². The molecule has 1 aliphatic rings. The highest BCUT2D eigenvalue weighted by molar-refractivity contribution is 6.11. The second-order valence-electron chi connectivity index (χ2n) is 8.21. The van der Waals surface area contributed by atoms with Gasteiger partial charge in [0.2, 0.25) is 0 Å². The number of carbonyl (C=O) groups excluding carboxylic acids is 2. The van der Waals surface area contributed by atoms with Gasteiger partial charge in [-0.1, -0.05) is 18.2 Å². The molecular weight excluding hydrogens is 429 g/mol. The quantitative estimate of drug-likeness (QED) is 0.526. The lowest BCUT2D eigenvalue weighted by atomic mass is 10.0. The monoisotopic (exact) mass is 455 g/mol. The number of ether oxygens (including phenoxy) is 1. The Morgan fingerprint density at radius 1 is 1.30 bits per heavy atom. The van der Waals surface area contributed by atoms with Crippen LogP contribution in [0, 0.1) is 12.7 Å². The molecule has 0 saturated carbocycles. The number of fused-ring (bicyclic) bond motifs is 1. The molecule has 174 valence electrons. The zero-order valence-electron chi connectivity index (χ0n) is 18.5. The van der Waals surface area contributed by atoms with E-state index >= 15 is 0 Å². The Kier molecular flexibility index (Phi) is 6.24. The number of rotatable bonds is 6. The lowest BCUT2D eigenvalue weighted by molar-refractivity contribution is 0.0880. The molecule has 1 fully saturated rings. The molecular formula is C24H26FN3O5. The molecule has 1 aromatic heterocycles. The number of carbonyl (C=O) groups is 2. The number of primary amides is 1. The van der Waals surface area contributed by atoms with Gasteiger partial charge in [0.05, 0.1) is 12.5 Å². The molecule has 2 amide bonds. The summed E-state index contributed by atoms with van der Waals surface area (Å²) < 4.78 is 24.9. The number of likely N-dealkylation sites (tertiary alicyclic amines) is 1. The first-order valence-corrected chi connectivity index (χ1v) is 10.7. The topological polar surface area (TPSA) is 118 Å². The van der Waals surface area contributed by atoms with E-state index in [9.17, 15) is 19.1 Å². The molecule has 2 aromatic carbocycles. The summed E-state index contributed by atoms with van der Waals surface area (Å²) in [6, 6.07) is 7.92. The molecule has 1 aliphatic heterocycles. The fraction of sp³-hybridized carbons (Fsp3) is 0.333. The van der Waals surface area contributed by atoms with Crippen molar-refractivity contribution in [3.63, 3.8) is 0 Å². The summed E-state index contributed by atoms with van der Waals surface area (Å²) in [6.07, 6.45) is 1.41. The average Bonchev–Trinajstić information content (AvgIpc) is 3.12. The van der Waals surface area contributed by atoms with Crippen LogP contribution in [-0.4, -0.2) is 48.1 Å². The minimum absolute atomic E-state index is 0.0155. The Hall–Kier alpha value is -3.59. The molecule has 1 saturated heterocycles. The smallest absolute Gasteiger partial charge is 0.287 e. The number of aromatic hydroxyl groups is 1. The Labute approximate surface area is 190 Å². The van der Waals surface area contributed by atoms with Gasteiger partial charge in [0.1, 0.15) is 22.9 Å². The van der Waals surface area contributed by atoms with Crippen molar-refractivity contribution in [2.75, 3.05) is 20.2 Å². The molecule has 9 heteroatoms. The van der Waals surface area contributed by atoms with Gasteiger partial charge in [0, 0.05) is 42.9 Å². The van der Waals surface area contributed by atoms with Crippen LogP contribution in [0.4, 0.5) is 4.39 Å². The van der Waals surface area contributed by atoms with Gasteiger partial charge in [-0.05, 0) is 25.8 Å². The van der Waals surface area contributed by atoms with Gasteiger partial charge < -0.3 is 25.3 Å². The number of hydrogen-bond acceptors (Lipinski definition) is 6. The summed E-state index contributed by atoms with van der Waals surface area (Å²) >= 11 is 0. The molecule has 0 unspecified atom stereocenters. The maximum atomic E-state index is 13.9. The lowest BCUT2D eigenvalue weighted by Gasteiger charge is -2.32. The standard InChI is InChI=1S/C24H26FN3O5/c1-13-19-18(32-2)11-17(29)20(23(26)30)22(19)33-21(13)24(31)27-15-7-9-28(10-8-15)12-14-5-3-4-6-16(14)25/h3-6,11,15,29H,7-10,12H2,1-2H3,(H2,26,30)(H,27,31). The van der Waals surface area contributed by atoms with E-state index in [-0.39, 0.29) is 40.3 Å². The van der Waals surface area contributed by atoms with Gasteiger partial charge in [0.15, 0.2) is 11.3 Å². The highest BCUT2D eigenvalue weighted by Crippen LogP contribution is 2.40. The van der Waals surface area contributed by atoms with Crippen molar-refractivity contribution >= 4 is 22.8 Å². The van der Waals surface area contributed by atoms with E-state index in [0.717, 1.165) is 0 Å². The van der Waals surface area contributed by atoms with Crippen molar-refractivity contribution in [2.24, 2.45) is 5.73 Å². The van der Waals surface area contributed by atoms with E-state index in [0.29, 0.717) is 49.0 Å². The third-order valence-electron chi connectivity index (χ3n) is 6.09. The van der Waals surface area contributed by atoms with E-state index in [1.807, 2.05) is 6.07 Å². The number of aryl methyl sites for hydroxylation is 1. The number of nitrogens with zero attached hydrogens (tertiary/aromatic N) is 1. The second kappa shape index (κ2) is 9.11. The number of furan rings is 1. The van der Waals surface area contributed by atoms with Crippen LogP contribution in [0.5, 0.6) is 11.5 Å². The number of piperidine rings is 1. The molecule has 0 atom stereocenters. The van der Waals surface area contributed by atoms with Crippen molar-refractivity contribution in [1.29, 1.82) is 0 Å². The molecule has 0 bridgehead atoms. The summed E-state index contributed by atoms with van der Waals surface area (Å²) in [5, 5.41) is 13.6. The number of phenols is 1. The van der Waals surface area contributed by atoms with E-state index in [1.165, 1.54) is 19.2 Å². The number of benzene rings is 2. The lowest BCUT2D eigenvalue weighted by Crippen LogP contribution is -2.44. The van der Waals surface area contributed by atoms with Crippen LogP contribution in [0.3, 0.4) is 0 Å². The first-order valence-electron chi connectivity index (χ1n) is 10.7. The fourth-order valence-electron chi connectivity index (χ4n) is 4.34.